The van der Waals surface area contributed by atoms with Crippen molar-refractivity contribution in [1.29, 1.82) is 0 Å². The molecule has 0 heterocycles. The normalized spacial score (nSPS) is 22.4. The molecule has 0 aliphatic heterocycles. The van der Waals surface area contributed by atoms with E-state index in [0.717, 1.165) is 18.7 Å². The van der Waals surface area contributed by atoms with Gasteiger partial charge in [-0.1, -0.05) is 26.3 Å². The number of ether oxygens (including phenoxy) is 1. The topological polar surface area (TPSA) is 38.5 Å². The van der Waals surface area contributed by atoms with Crippen LogP contribution < -0.4 is 10.5 Å². The molecule has 3 nitrogen and oxygen atoms in total. The van der Waals surface area contributed by atoms with Gasteiger partial charge in [0.1, 0.15) is 5.75 Å². The lowest BCUT2D eigenvalue weighted by molar-refractivity contribution is 0.125. The molecule has 1 aromatic carbocycles. The first-order chi connectivity index (χ1) is 10.1. The molecule has 3 heteroatoms. The van der Waals surface area contributed by atoms with E-state index in [2.05, 4.69) is 37.8 Å². The summed E-state index contributed by atoms with van der Waals surface area (Å²) in [6.07, 6.45) is 4.71. The molecule has 2 N–H and O–H groups in total. The van der Waals surface area contributed by atoms with E-state index in [0.29, 0.717) is 12.1 Å². The van der Waals surface area contributed by atoms with Crippen molar-refractivity contribution >= 4 is 0 Å². The molecule has 0 radical (unpaired) electrons. The SMILES string of the molecule is CCCCN(C(C)CC)C1Cc2ccc(OC)cc2C1N. The highest BCUT2D eigenvalue weighted by atomic mass is 16.5. The average molecular weight is 290 g/mol. The molecule has 0 amide bonds. The van der Waals surface area contributed by atoms with Gasteiger partial charge in [-0.3, -0.25) is 4.90 Å². The Morgan fingerprint density at radius 3 is 2.76 bits per heavy atom. The van der Waals surface area contributed by atoms with Gasteiger partial charge in [-0.05, 0) is 56.0 Å². The second-order valence-corrected chi connectivity index (χ2v) is 6.21. The molecule has 118 valence electrons. The Kier molecular flexibility index (Phi) is 5.65. The van der Waals surface area contributed by atoms with Crippen molar-refractivity contribution in [2.45, 2.75) is 64.6 Å². The smallest absolute Gasteiger partial charge is 0.119 e. The number of nitrogens with two attached hydrogens (primary N) is 1. The van der Waals surface area contributed by atoms with E-state index >= 15 is 0 Å². The van der Waals surface area contributed by atoms with Crippen molar-refractivity contribution in [2.75, 3.05) is 13.7 Å². The molecule has 1 aliphatic rings. The van der Waals surface area contributed by atoms with Gasteiger partial charge in [-0.15, -0.1) is 0 Å². The number of rotatable bonds is 7. The van der Waals surface area contributed by atoms with Crippen LogP contribution in [0, 0.1) is 0 Å². The molecule has 0 saturated carbocycles. The summed E-state index contributed by atoms with van der Waals surface area (Å²) in [5, 5.41) is 0. The van der Waals surface area contributed by atoms with Gasteiger partial charge in [0, 0.05) is 18.1 Å². The Labute approximate surface area is 129 Å². The van der Waals surface area contributed by atoms with E-state index in [1.165, 1.54) is 30.4 Å². The van der Waals surface area contributed by atoms with Crippen molar-refractivity contribution in [3.05, 3.63) is 29.3 Å². The molecular weight excluding hydrogens is 260 g/mol. The molecular formula is C18H30N2O. The van der Waals surface area contributed by atoms with Crippen LogP contribution in [-0.4, -0.2) is 30.6 Å². The zero-order valence-corrected chi connectivity index (χ0v) is 13.9. The number of hydrogen-bond acceptors (Lipinski definition) is 3. The van der Waals surface area contributed by atoms with E-state index in [1.54, 1.807) is 7.11 Å². The fourth-order valence-electron chi connectivity index (χ4n) is 3.37. The maximum Gasteiger partial charge on any atom is 0.119 e. The predicted molar refractivity (Wildman–Crippen MR) is 88.8 cm³/mol. The maximum absolute atomic E-state index is 6.58. The van der Waals surface area contributed by atoms with Gasteiger partial charge in [0.25, 0.3) is 0 Å². The first-order valence-electron chi connectivity index (χ1n) is 8.30. The second-order valence-electron chi connectivity index (χ2n) is 6.21. The summed E-state index contributed by atoms with van der Waals surface area (Å²) in [6.45, 7) is 7.99. The molecule has 3 unspecified atom stereocenters. The lowest BCUT2D eigenvalue weighted by Crippen LogP contribution is -2.46. The summed E-state index contributed by atoms with van der Waals surface area (Å²) in [6, 6.07) is 7.46. The molecule has 0 bridgehead atoms. The van der Waals surface area contributed by atoms with E-state index in [-0.39, 0.29) is 6.04 Å². The number of fused-ring (bicyclic) bond motifs is 1. The summed E-state index contributed by atoms with van der Waals surface area (Å²) >= 11 is 0. The third kappa shape index (κ3) is 3.41. The quantitative estimate of drug-likeness (QED) is 0.835. The molecule has 0 spiro atoms. The van der Waals surface area contributed by atoms with Crippen LogP contribution in [0.1, 0.15) is 57.2 Å². The van der Waals surface area contributed by atoms with Crippen LogP contribution in [0.25, 0.3) is 0 Å². The van der Waals surface area contributed by atoms with Gasteiger partial charge in [0.2, 0.25) is 0 Å². The zero-order chi connectivity index (χ0) is 15.4. The zero-order valence-electron chi connectivity index (χ0n) is 13.9. The standard InChI is InChI=1S/C18H30N2O/c1-5-7-10-20(13(3)6-2)17-11-14-8-9-15(21-4)12-16(14)18(17)19/h8-9,12-13,17-18H,5-7,10-11,19H2,1-4H3. The fraction of sp³-hybridized carbons (Fsp3) is 0.667. The minimum atomic E-state index is 0.0981. The van der Waals surface area contributed by atoms with Gasteiger partial charge in [0.15, 0.2) is 0 Å². The highest BCUT2D eigenvalue weighted by Crippen LogP contribution is 2.36. The molecule has 0 fully saturated rings. The van der Waals surface area contributed by atoms with Crippen molar-refractivity contribution < 1.29 is 4.74 Å². The Bertz CT molecular complexity index is 461. The van der Waals surface area contributed by atoms with E-state index < -0.39 is 0 Å². The number of methoxy groups -OCH3 is 1. The first kappa shape index (κ1) is 16.3. The monoisotopic (exact) mass is 290 g/mol. The number of hydrogen-bond donors (Lipinski definition) is 1. The second kappa shape index (κ2) is 7.28. The van der Waals surface area contributed by atoms with Crippen molar-refractivity contribution in [3.63, 3.8) is 0 Å². The van der Waals surface area contributed by atoms with E-state index in [4.69, 9.17) is 10.5 Å². The molecule has 1 aliphatic carbocycles. The van der Waals surface area contributed by atoms with Gasteiger partial charge in [-0.25, -0.2) is 0 Å². The van der Waals surface area contributed by atoms with E-state index in [1.807, 2.05) is 6.07 Å². The van der Waals surface area contributed by atoms with Gasteiger partial charge in [-0.2, -0.15) is 0 Å². The van der Waals surface area contributed by atoms with Gasteiger partial charge >= 0.3 is 0 Å². The third-order valence-corrected chi connectivity index (χ3v) is 4.91. The minimum absolute atomic E-state index is 0.0981. The third-order valence-electron chi connectivity index (χ3n) is 4.91. The summed E-state index contributed by atoms with van der Waals surface area (Å²) < 4.78 is 5.35. The minimum Gasteiger partial charge on any atom is -0.497 e. The first-order valence-corrected chi connectivity index (χ1v) is 8.30. The fourth-order valence-corrected chi connectivity index (χ4v) is 3.37. The largest absolute Gasteiger partial charge is 0.497 e. The molecule has 2 rings (SSSR count). The number of benzene rings is 1. The summed E-state index contributed by atoms with van der Waals surface area (Å²) in [4.78, 5) is 2.63. The molecule has 0 saturated heterocycles. The molecule has 1 aromatic rings. The summed E-state index contributed by atoms with van der Waals surface area (Å²) in [5.41, 5.74) is 9.24. The molecule has 0 aromatic heterocycles. The van der Waals surface area contributed by atoms with Crippen LogP contribution in [0.5, 0.6) is 5.75 Å². The van der Waals surface area contributed by atoms with Crippen LogP contribution in [0.2, 0.25) is 0 Å². The predicted octanol–water partition coefficient (Wildman–Crippen LogP) is 3.52. The highest BCUT2D eigenvalue weighted by Gasteiger charge is 2.35. The highest BCUT2D eigenvalue weighted by molar-refractivity contribution is 5.42. The molecule has 3 atom stereocenters. The lowest BCUT2D eigenvalue weighted by Gasteiger charge is -2.36. The van der Waals surface area contributed by atoms with Crippen molar-refractivity contribution in [1.82, 2.24) is 4.90 Å². The Hall–Kier alpha value is -1.06. The van der Waals surface area contributed by atoms with Crippen LogP contribution in [0.4, 0.5) is 0 Å². The lowest BCUT2D eigenvalue weighted by atomic mass is 10.0. The van der Waals surface area contributed by atoms with Crippen LogP contribution >= 0.6 is 0 Å². The van der Waals surface area contributed by atoms with Gasteiger partial charge < -0.3 is 10.5 Å². The van der Waals surface area contributed by atoms with Crippen LogP contribution in [-0.2, 0) is 6.42 Å². The van der Waals surface area contributed by atoms with Crippen LogP contribution in [0.3, 0.4) is 0 Å². The maximum atomic E-state index is 6.58. The Morgan fingerprint density at radius 2 is 2.14 bits per heavy atom. The Morgan fingerprint density at radius 1 is 1.38 bits per heavy atom. The average Bonchev–Trinajstić information content (AvgIpc) is 2.84. The summed E-state index contributed by atoms with van der Waals surface area (Å²) in [5.74, 6) is 0.911. The Balaban J connectivity index is 2.20. The van der Waals surface area contributed by atoms with Crippen molar-refractivity contribution in [3.8, 4) is 5.75 Å². The van der Waals surface area contributed by atoms with Gasteiger partial charge in [0.05, 0.1) is 7.11 Å². The van der Waals surface area contributed by atoms with Crippen molar-refractivity contribution in [2.24, 2.45) is 5.73 Å². The van der Waals surface area contributed by atoms with E-state index in [9.17, 15) is 0 Å². The number of nitrogens with zero attached hydrogens (tertiary/aromatic N) is 1. The summed E-state index contributed by atoms with van der Waals surface area (Å²) in [7, 11) is 1.71. The number of unbranched alkanes of at least 4 members (excludes halogenated alkanes) is 1. The molecule has 21 heavy (non-hydrogen) atoms. The van der Waals surface area contributed by atoms with Crippen LogP contribution in [0.15, 0.2) is 18.2 Å².